The maximum absolute atomic E-state index is 13.7. The number of aromatic hydroxyl groups is 1. The highest BCUT2D eigenvalue weighted by Crippen LogP contribution is 2.51. The maximum Gasteiger partial charge on any atom is 0.229 e. The van der Waals surface area contributed by atoms with E-state index in [4.69, 9.17) is 16.3 Å². The molecule has 0 saturated carbocycles. The van der Waals surface area contributed by atoms with Crippen molar-refractivity contribution in [3.8, 4) is 11.5 Å². The summed E-state index contributed by atoms with van der Waals surface area (Å²) in [5.41, 5.74) is 2.35. The molecular weight excluding hydrogens is 424 g/mol. The lowest BCUT2D eigenvalue weighted by Gasteiger charge is -2.33. The molecular formula is C27H15ClO4. The number of hydrogen-bond donors (Lipinski definition) is 1. The summed E-state index contributed by atoms with van der Waals surface area (Å²) in [6.45, 7) is 0. The Labute approximate surface area is 188 Å². The summed E-state index contributed by atoms with van der Waals surface area (Å²) >= 11 is 6.61. The van der Waals surface area contributed by atoms with Crippen LogP contribution in [0.2, 0.25) is 5.02 Å². The maximum atomic E-state index is 13.7. The molecule has 2 aliphatic rings. The molecule has 0 bridgehead atoms. The van der Waals surface area contributed by atoms with E-state index in [0.717, 1.165) is 10.8 Å². The summed E-state index contributed by atoms with van der Waals surface area (Å²) in [4.78, 5) is 27.1. The van der Waals surface area contributed by atoms with E-state index in [9.17, 15) is 14.7 Å². The summed E-state index contributed by atoms with van der Waals surface area (Å²) in [5, 5.41) is 12.3. The molecule has 1 unspecified atom stereocenters. The number of hydrogen-bond acceptors (Lipinski definition) is 4. The van der Waals surface area contributed by atoms with E-state index in [1.54, 1.807) is 48.5 Å². The van der Waals surface area contributed by atoms with Gasteiger partial charge in [-0.1, -0.05) is 66.2 Å². The molecule has 1 N–H and O–H groups in total. The standard InChI is InChI=1S/C27H15ClO4/c28-20-8-4-3-7-18(20)23-22-19-13-15(29)11-9-14(19)10-12-21(22)32-27-24(23)25(30)16-5-1-2-6-17(16)26(27)31/h1-13,23,29H. The minimum Gasteiger partial charge on any atom is -0.508 e. The highest BCUT2D eigenvalue weighted by Gasteiger charge is 2.43. The Kier molecular flexibility index (Phi) is 4.01. The van der Waals surface area contributed by atoms with Gasteiger partial charge in [0.1, 0.15) is 11.5 Å². The molecule has 1 aliphatic carbocycles. The summed E-state index contributed by atoms with van der Waals surface area (Å²) in [6, 6.07) is 22.8. The highest BCUT2D eigenvalue weighted by molar-refractivity contribution is 6.32. The van der Waals surface area contributed by atoms with Crippen molar-refractivity contribution in [1.82, 2.24) is 0 Å². The van der Waals surface area contributed by atoms with Crippen LogP contribution in [0.4, 0.5) is 0 Å². The third-order valence-corrected chi connectivity index (χ3v) is 6.47. The van der Waals surface area contributed by atoms with Crippen LogP contribution in [0.25, 0.3) is 10.8 Å². The molecule has 154 valence electrons. The van der Waals surface area contributed by atoms with Crippen LogP contribution in [0, 0.1) is 0 Å². The van der Waals surface area contributed by atoms with Crippen molar-refractivity contribution >= 4 is 33.9 Å². The van der Waals surface area contributed by atoms with Crippen LogP contribution in [-0.2, 0) is 0 Å². The zero-order valence-corrected chi connectivity index (χ0v) is 17.4. The number of fused-ring (bicyclic) bond motifs is 4. The van der Waals surface area contributed by atoms with E-state index in [2.05, 4.69) is 0 Å². The molecule has 5 heteroatoms. The van der Waals surface area contributed by atoms with E-state index in [1.165, 1.54) is 0 Å². The van der Waals surface area contributed by atoms with E-state index in [-0.39, 0.29) is 28.6 Å². The number of ether oxygens (including phenoxy) is 1. The fourth-order valence-corrected chi connectivity index (χ4v) is 4.95. The van der Waals surface area contributed by atoms with Crippen LogP contribution in [0.5, 0.6) is 11.5 Å². The second kappa shape index (κ2) is 6.81. The predicted molar refractivity (Wildman–Crippen MR) is 122 cm³/mol. The van der Waals surface area contributed by atoms with Crippen molar-refractivity contribution in [3.63, 3.8) is 0 Å². The van der Waals surface area contributed by atoms with Gasteiger partial charge in [0.2, 0.25) is 5.78 Å². The monoisotopic (exact) mass is 438 g/mol. The Morgan fingerprint density at radius 1 is 0.812 bits per heavy atom. The van der Waals surface area contributed by atoms with Crippen LogP contribution in [0.15, 0.2) is 90.2 Å². The summed E-state index contributed by atoms with van der Waals surface area (Å²) < 4.78 is 6.10. The van der Waals surface area contributed by atoms with Gasteiger partial charge < -0.3 is 9.84 Å². The Bertz CT molecular complexity index is 1520. The molecule has 4 aromatic rings. The fourth-order valence-electron chi connectivity index (χ4n) is 4.71. The van der Waals surface area contributed by atoms with Crippen LogP contribution in [-0.4, -0.2) is 16.7 Å². The zero-order valence-electron chi connectivity index (χ0n) is 16.6. The van der Waals surface area contributed by atoms with E-state index < -0.39 is 5.92 Å². The largest absolute Gasteiger partial charge is 0.508 e. The molecule has 0 saturated heterocycles. The third kappa shape index (κ3) is 2.57. The normalized spacial score (nSPS) is 17.0. The molecule has 4 aromatic carbocycles. The van der Waals surface area contributed by atoms with Crippen LogP contribution >= 0.6 is 11.6 Å². The number of carbonyl (C=O) groups is 2. The number of phenols is 1. The Balaban J connectivity index is 1.72. The first-order valence-corrected chi connectivity index (χ1v) is 10.5. The van der Waals surface area contributed by atoms with Gasteiger partial charge in [0.25, 0.3) is 0 Å². The molecule has 6 rings (SSSR count). The predicted octanol–water partition coefficient (Wildman–Crippen LogP) is 6.06. The quantitative estimate of drug-likeness (QED) is 0.392. The number of carbonyl (C=O) groups excluding carboxylic acids is 2. The summed E-state index contributed by atoms with van der Waals surface area (Å²) in [6.07, 6.45) is 0. The first-order valence-electron chi connectivity index (χ1n) is 10.1. The Morgan fingerprint density at radius 3 is 2.28 bits per heavy atom. The van der Waals surface area contributed by atoms with Crippen molar-refractivity contribution in [3.05, 3.63) is 117 Å². The molecule has 1 heterocycles. The van der Waals surface area contributed by atoms with Gasteiger partial charge in [0.15, 0.2) is 11.5 Å². The van der Waals surface area contributed by atoms with Gasteiger partial charge in [0, 0.05) is 27.6 Å². The van der Waals surface area contributed by atoms with E-state index >= 15 is 0 Å². The van der Waals surface area contributed by atoms with Gasteiger partial charge >= 0.3 is 0 Å². The molecule has 4 nitrogen and oxygen atoms in total. The van der Waals surface area contributed by atoms with Gasteiger partial charge in [-0.05, 0) is 40.6 Å². The molecule has 0 amide bonds. The number of halogens is 1. The lowest BCUT2D eigenvalue weighted by molar-refractivity contribution is 0.0927. The first-order chi connectivity index (χ1) is 15.5. The Morgan fingerprint density at radius 2 is 1.50 bits per heavy atom. The van der Waals surface area contributed by atoms with Crippen molar-refractivity contribution in [2.24, 2.45) is 0 Å². The second-order valence-electron chi connectivity index (χ2n) is 7.89. The average Bonchev–Trinajstić information content (AvgIpc) is 2.81. The molecule has 0 fully saturated rings. The highest BCUT2D eigenvalue weighted by atomic mass is 35.5. The lowest BCUT2D eigenvalue weighted by Crippen LogP contribution is -2.31. The first kappa shape index (κ1) is 18.8. The van der Waals surface area contributed by atoms with Crippen LogP contribution in [0.3, 0.4) is 0 Å². The number of rotatable bonds is 1. The number of Topliss-reactive ketones (excluding diaryl/α,β-unsaturated/α-hetero) is 2. The van der Waals surface area contributed by atoms with Gasteiger partial charge in [-0.2, -0.15) is 0 Å². The number of phenolic OH excluding ortho intramolecular Hbond substituents is 1. The number of benzene rings is 4. The lowest BCUT2D eigenvalue weighted by atomic mass is 9.74. The fraction of sp³-hybridized carbons (Fsp3) is 0.0370. The molecule has 0 aromatic heterocycles. The van der Waals surface area contributed by atoms with Crippen molar-refractivity contribution in [2.75, 3.05) is 0 Å². The zero-order chi connectivity index (χ0) is 22.0. The Hall–Kier alpha value is -3.89. The molecule has 1 aliphatic heterocycles. The minimum atomic E-state index is -0.627. The topological polar surface area (TPSA) is 63.6 Å². The number of allylic oxidation sites excluding steroid dienone is 2. The van der Waals surface area contributed by atoms with Crippen LogP contribution < -0.4 is 4.74 Å². The number of ketones is 2. The van der Waals surface area contributed by atoms with Gasteiger partial charge in [-0.25, -0.2) is 0 Å². The molecule has 32 heavy (non-hydrogen) atoms. The van der Waals surface area contributed by atoms with Gasteiger partial charge in [-0.3, -0.25) is 9.59 Å². The van der Waals surface area contributed by atoms with E-state index in [1.807, 2.05) is 30.3 Å². The van der Waals surface area contributed by atoms with Crippen molar-refractivity contribution in [2.45, 2.75) is 5.92 Å². The molecule has 0 spiro atoms. The van der Waals surface area contributed by atoms with Gasteiger partial charge in [0.05, 0.1) is 5.57 Å². The summed E-state index contributed by atoms with van der Waals surface area (Å²) in [7, 11) is 0. The average molecular weight is 439 g/mol. The minimum absolute atomic E-state index is 0.0330. The molecule has 0 radical (unpaired) electrons. The summed E-state index contributed by atoms with van der Waals surface area (Å²) in [5.74, 6) is -0.618. The van der Waals surface area contributed by atoms with E-state index in [0.29, 0.717) is 33.0 Å². The smallest absolute Gasteiger partial charge is 0.229 e. The van der Waals surface area contributed by atoms with Crippen molar-refractivity contribution in [1.29, 1.82) is 0 Å². The molecule has 1 atom stereocenters. The van der Waals surface area contributed by atoms with Crippen molar-refractivity contribution < 1.29 is 19.4 Å². The SMILES string of the molecule is O=C1C2=C(C(=O)c3ccccc31)C(c1ccccc1Cl)c1c(ccc3ccc(O)cc13)O2. The van der Waals surface area contributed by atoms with Gasteiger partial charge in [-0.15, -0.1) is 0 Å². The third-order valence-electron chi connectivity index (χ3n) is 6.12. The van der Waals surface area contributed by atoms with Crippen LogP contribution in [0.1, 0.15) is 37.8 Å². The second-order valence-corrected chi connectivity index (χ2v) is 8.29.